The lowest BCUT2D eigenvalue weighted by molar-refractivity contribution is -0.114. The average Bonchev–Trinajstić information content (AvgIpc) is 2.66. The monoisotopic (exact) mass is 479 g/mol. The van der Waals surface area contributed by atoms with Gasteiger partial charge in [0.2, 0.25) is 5.91 Å². The second-order valence-corrected chi connectivity index (χ2v) is 13.0. The second kappa shape index (κ2) is 11.9. The van der Waals surface area contributed by atoms with Crippen molar-refractivity contribution in [1.82, 2.24) is 0 Å². The first kappa shape index (κ1) is 25.8. The van der Waals surface area contributed by atoms with Crippen LogP contribution in [-0.2, 0) is 15.5 Å². The molecule has 1 amide bonds. The topological polar surface area (TPSA) is 86.6 Å². The number of thioether (sulfide) groups is 2. The molecule has 0 bridgehead atoms. The van der Waals surface area contributed by atoms with Gasteiger partial charge in [-0.1, -0.05) is 76.2 Å². The minimum Gasteiger partial charge on any atom is -0.324 e. The predicted molar refractivity (Wildman–Crippen MR) is 135 cm³/mol. The van der Waals surface area contributed by atoms with Crippen molar-refractivity contribution >= 4 is 54.9 Å². The van der Waals surface area contributed by atoms with Gasteiger partial charge < -0.3 is 15.1 Å². The van der Waals surface area contributed by atoms with Crippen molar-refractivity contribution in [1.29, 1.82) is 0 Å². The summed E-state index contributed by atoms with van der Waals surface area (Å²) in [4.78, 5) is 30.8. The van der Waals surface area contributed by atoms with Crippen LogP contribution in [0, 0.1) is 0 Å². The van der Waals surface area contributed by atoms with Crippen molar-refractivity contribution in [3.63, 3.8) is 0 Å². The molecule has 0 radical (unpaired) electrons. The minimum atomic E-state index is -4.05. The Labute approximate surface area is 193 Å². The van der Waals surface area contributed by atoms with Crippen molar-refractivity contribution in [2.75, 3.05) is 5.32 Å². The number of anilines is 1. The number of carbonyl (C=O) groups excluding carboxylic acids is 1. The summed E-state index contributed by atoms with van der Waals surface area (Å²) in [5.74, 6) is 0.0103. The van der Waals surface area contributed by atoms with E-state index in [2.05, 4.69) is 33.0 Å². The summed E-state index contributed by atoms with van der Waals surface area (Å²) in [6.45, 7) is 8.38. The predicted octanol–water partition coefficient (Wildman–Crippen LogP) is 6.08. The highest BCUT2D eigenvalue weighted by molar-refractivity contribution is 8.18. The quantitative estimate of drug-likeness (QED) is 0.217. The zero-order valence-electron chi connectivity index (χ0n) is 18.2. The Balaban J connectivity index is 1.98. The number of amides is 1. The summed E-state index contributed by atoms with van der Waals surface area (Å²) in [5.41, 5.74) is 3.30. The lowest BCUT2D eigenvalue weighted by Crippen LogP contribution is -2.25. The Morgan fingerprint density at radius 1 is 0.903 bits per heavy atom. The van der Waals surface area contributed by atoms with E-state index < -0.39 is 7.60 Å². The summed E-state index contributed by atoms with van der Waals surface area (Å²) in [5, 5.41) is 3.76. The molecule has 3 N–H and O–H groups in total. The largest absolute Gasteiger partial charge is 0.329 e. The number of hydrogen-bond acceptors (Lipinski definition) is 4. The van der Waals surface area contributed by atoms with E-state index in [1.165, 1.54) is 0 Å². The van der Waals surface area contributed by atoms with Gasteiger partial charge in [-0.25, -0.2) is 0 Å². The van der Waals surface area contributed by atoms with Crippen LogP contribution < -0.4 is 5.32 Å². The van der Waals surface area contributed by atoms with Crippen LogP contribution in [-0.4, -0.2) is 30.8 Å². The molecule has 0 atom stereocenters. The Kier molecular flexibility index (Phi) is 9.91. The second-order valence-electron chi connectivity index (χ2n) is 7.71. The van der Waals surface area contributed by atoms with E-state index >= 15 is 0 Å². The number of benzene rings is 2. The third-order valence-corrected chi connectivity index (χ3v) is 7.48. The third-order valence-electron chi connectivity index (χ3n) is 4.02. The molecule has 2 aromatic rings. The summed E-state index contributed by atoms with van der Waals surface area (Å²) in [6, 6.07) is 14.7. The van der Waals surface area contributed by atoms with Crippen LogP contribution in [0.15, 0.2) is 48.5 Å². The first-order valence-electron chi connectivity index (χ1n) is 10.1. The molecular formula is C23H30NO4PS2. The van der Waals surface area contributed by atoms with E-state index in [0.717, 1.165) is 16.8 Å². The smallest absolute Gasteiger partial charge is 0.324 e. The van der Waals surface area contributed by atoms with Crippen LogP contribution in [0.25, 0.3) is 12.2 Å². The first-order chi connectivity index (χ1) is 14.5. The molecule has 0 saturated carbocycles. The van der Waals surface area contributed by atoms with E-state index in [9.17, 15) is 9.36 Å². The van der Waals surface area contributed by atoms with Crippen LogP contribution in [0.1, 0.15) is 44.4 Å². The van der Waals surface area contributed by atoms with Crippen LogP contribution in [0.2, 0.25) is 0 Å². The summed E-state index contributed by atoms with van der Waals surface area (Å²) < 4.78 is 10.9. The molecular weight excluding hydrogens is 449 g/mol. The molecule has 0 aromatic heterocycles. The van der Waals surface area contributed by atoms with Gasteiger partial charge in [0.05, 0.1) is 6.16 Å². The van der Waals surface area contributed by atoms with Gasteiger partial charge in [-0.15, -0.1) is 23.5 Å². The number of hydrogen-bond donors (Lipinski definition) is 3. The molecule has 2 aromatic carbocycles. The normalized spacial score (nSPS) is 12.3. The maximum atomic E-state index is 12.7. The highest BCUT2D eigenvalue weighted by Crippen LogP contribution is 2.39. The molecule has 0 spiro atoms. The highest BCUT2D eigenvalue weighted by atomic mass is 32.2. The van der Waals surface area contributed by atoms with Crippen LogP contribution >= 0.6 is 31.1 Å². The fourth-order valence-electron chi connectivity index (χ4n) is 2.69. The van der Waals surface area contributed by atoms with Crippen molar-refractivity contribution in [3.8, 4) is 0 Å². The molecule has 0 aliphatic carbocycles. The van der Waals surface area contributed by atoms with Gasteiger partial charge in [0.15, 0.2) is 0 Å². The van der Waals surface area contributed by atoms with Crippen LogP contribution in [0.4, 0.5) is 5.69 Å². The molecule has 0 heterocycles. The Hall–Kier alpha value is -1.50. The van der Waals surface area contributed by atoms with Gasteiger partial charge in [0.25, 0.3) is 0 Å². The van der Waals surface area contributed by atoms with Crippen LogP contribution in [0.5, 0.6) is 0 Å². The standard InChI is InChI=1S/C23H30NO4PS2/c1-16(2)30-23(31-17(3)4)22(25)24-21-13-11-19(12-14-21)6-5-18-7-9-20(10-8-18)15-29(26,27)28/h5-14,16-17,23H,15H2,1-4H3,(H,24,25)(H2,26,27,28)/b6-5+. The molecule has 0 aliphatic heterocycles. The molecule has 0 fully saturated rings. The van der Waals surface area contributed by atoms with Gasteiger partial charge in [0, 0.05) is 16.2 Å². The molecule has 0 unspecified atom stereocenters. The zero-order chi connectivity index (χ0) is 23.0. The van der Waals surface area contributed by atoms with E-state index in [-0.39, 0.29) is 16.7 Å². The van der Waals surface area contributed by atoms with Crippen molar-refractivity contribution < 1.29 is 19.1 Å². The van der Waals surface area contributed by atoms with Crippen LogP contribution in [0.3, 0.4) is 0 Å². The molecule has 0 saturated heterocycles. The fourth-order valence-corrected chi connectivity index (χ4v) is 6.32. The maximum Gasteiger partial charge on any atom is 0.329 e. The SMILES string of the molecule is CC(C)SC(SC(C)C)C(=O)Nc1ccc(/C=C/c2ccc(CP(=O)(O)O)cc2)cc1. The van der Waals surface area contributed by atoms with Gasteiger partial charge in [-0.2, -0.15) is 0 Å². The zero-order valence-corrected chi connectivity index (χ0v) is 20.7. The van der Waals surface area contributed by atoms with Crippen molar-refractivity contribution in [3.05, 3.63) is 65.2 Å². The molecule has 2 rings (SSSR count). The van der Waals surface area contributed by atoms with E-state index in [1.54, 1.807) is 35.7 Å². The molecule has 5 nitrogen and oxygen atoms in total. The summed E-state index contributed by atoms with van der Waals surface area (Å²) in [7, 11) is -4.05. The Morgan fingerprint density at radius 2 is 1.35 bits per heavy atom. The molecule has 31 heavy (non-hydrogen) atoms. The van der Waals surface area contributed by atoms with Gasteiger partial charge in [-0.3, -0.25) is 9.36 Å². The summed E-state index contributed by atoms with van der Waals surface area (Å²) in [6.07, 6.45) is 3.63. The fraction of sp³-hybridized carbons (Fsp3) is 0.348. The van der Waals surface area contributed by atoms with E-state index in [1.807, 2.05) is 48.6 Å². The average molecular weight is 480 g/mol. The maximum absolute atomic E-state index is 12.7. The molecule has 8 heteroatoms. The Morgan fingerprint density at radius 3 is 1.77 bits per heavy atom. The number of rotatable bonds is 10. The highest BCUT2D eigenvalue weighted by Gasteiger charge is 2.22. The molecule has 0 aliphatic rings. The lowest BCUT2D eigenvalue weighted by atomic mass is 10.1. The summed E-state index contributed by atoms with van der Waals surface area (Å²) >= 11 is 3.33. The molecule has 168 valence electrons. The van der Waals surface area contributed by atoms with Gasteiger partial charge in [-0.05, 0) is 28.8 Å². The van der Waals surface area contributed by atoms with Crippen molar-refractivity contribution in [2.45, 2.75) is 48.9 Å². The Bertz CT molecular complexity index is 912. The van der Waals surface area contributed by atoms with E-state index in [4.69, 9.17) is 9.79 Å². The van der Waals surface area contributed by atoms with Crippen molar-refractivity contribution in [2.24, 2.45) is 0 Å². The lowest BCUT2D eigenvalue weighted by Gasteiger charge is -2.20. The number of carbonyl (C=O) groups is 1. The minimum absolute atomic E-state index is 0.0103. The number of nitrogens with one attached hydrogen (secondary N) is 1. The first-order valence-corrected chi connectivity index (χ1v) is 13.7. The van der Waals surface area contributed by atoms with Gasteiger partial charge >= 0.3 is 7.60 Å². The van der Waals surface area contributed by atoms with Gasteiger partial charge in [0.1, 0.15) is 4.58 Å². The van der Waals surface area contributed by atoms with E-state index in [0.29, 0.717) is 16.1 Å². The third kappa shape index (κ3) is 10.1.